The van der Waals surface area contributed by atoms with Crippen LogP contribution in [0.1, 0.15) is 65.0 Å². The Balaban J connectivity index is 1.37. The summed E-state index contributed by atoms with van der Waals surface area (Å²) in [5, 5.41) is 7.63. The largest absolute Gasteiger partial charge is 0.336 e. The molecule has 0 bridgehead atoms. The van der Waals surface area contributed by atoms with Crippen molar-refractivity contribution in [1.29, 1.82) is 0 Å². The summed E-state index contributed by atoms with van der Waals surface area (Å²) in [6.07, 6.45) is 8.57. The topological polar surface area (TPSA) is 52.2 Å². The molecule has 5 nitrogen and oxygen atoms in total. The van der Waals surface area contributed by atoms with E-state index in [1.807, 2.05) is 19.2 Å². The van der Waals surface area contributed by atoms with Gasteiger partial charge in [-0.2, -0.15) is 5.10 Å². The highest BCUT2D eigenvalue weighted by molar-refractivity contribution is 5.94. The molecule has 5 heteroatoms. The zero-order valence-corrected chi connectivity index (χ0v) is 16.3. The van der Waals surface area contributed by atoms with Crippen LogP contribution in [-0.4, -0.2) is 46.0 Å². The minimum atomic E-state index is 0.0621. The summed E-state index contributed by atoms with van der Waals surface area (Å²) in [4.78, 5) is 17.1. The van der Waals surface area contributed by atoms with Gasteiger partial charge in [-0.1, -0.05) is 18.6 Å². The third kappa shape index (κ3) is 4.24. The van der Waals surface area contributed by atoms with Crippen LogP contribution in [-0.2, 0) is 25.9 Å². The number of carbonyl (C=O) groups is 1. The van der Waals surface area contributed by atoms with Crippen LogP contribution in [0.2, 0.25) is 0 Å². The van der Waals surface area contributed by atoms with Crippen LogP contribution in [0.4, 0.5) is 0 Å². The van der Waals surface area contributed by atoms with Gasteiger partial charge in [0.1, 0.15) is 0 Å². The molecule has 27 heavy (non-hydrogen) atoms. The van der Waals surface area contributed by atoms with Crippen molar-refractivity contribution in [2.75, 3.05) is 20.1 Å². The molecule has 2 aliphatic rings. The lowest BCUT2D eigenvalue weighted by atomic mass is 9.96. The van der Waals surface area contributed by atoms with Crippen LogP contribution in [0.3, 0.4) is 0 Å². The van der Waals surface area contributed by atoms with E-state index in [-0.39, 0.29) is 5.91 Å². The van der Waals surface area contributed by atoms with Crippen LogP contribution in [0.25, 0.3) is 0 Å². The summed E-state index contributed by atoms with van der Waals surface area (Å²) < 4.78 is 0. The van der Waals surface area contributed by atoms with E-state index in [9.17, 15) is 4.79 Å². The lowest BCUT2D eigenvalue weighted by Crippen LogP contribution is -2.29. The van der Waals surface area contributed by atoms with Crippen molar-refractivity contribution >= 4 is 5.91 Å². The lowest BCUT2D eigenvalue weighted by Gasteiger charge is -2.26. The maximum absolute atomic E-state index is 12.8. The minimum Gasteiger partial charge on any atom is -0.336 e. The van der Waals surface area contributed by atoms with E-state index in [1.165, 1.54) is 62.0 Å². The number of hydrogen-bond acceptors (Lipinski definition) is 3. The molecule has 0 spiro atoms. The molecule has 2 aromatic rings. The highest BCUT2D eigenvalue weighted by Gasteiger charge is 2.20. The van der Waals surface area contributed by atoms with Gasteiger partial charge in [0, 0.05) is 24.8 Å². The highest BCUT2D eigenvalue weighted by atomic mass is 16.2. The van der Waals surface area contributed by atoms with Gasteiger partial charge in [-0.15, -0.1) is 0 Å². The number of nitrogens with zero attached hydrogens (tertiary/aromatic N) is 3. The number of aromatic nitrogens is 2. The van der Waals surface area contributed by atoms with Gasteiger partial charge in [-0.3, -0.25) is 14.8 Å². The summed E-state index contributed by atoms with van der Waals surface area (Å²) in [5.41, 5.74) is 5.67. The van der Waals surface area contributed by atoms with Crippen LogP contribution in [0.5, 0.6) is 0 Å². The van der Waals surface area contributed by atoms with Crippen molar-refractivity contribution in [2.24, 2.45) is 0 Å². The fourth-order valence-corrected chi connectivity index (χ4v) is 4.33. The Morgan fingerprint density at radius 1 is 1.07 bits per heavy atom. The number of hydrogen-bond donors (Lipinski definition) is 1. The van der Waals surface area contributed by atoms with E-state index >= 15 is 0 Å². The quantitative estimate of drug-likeness (QED) is 0.880. The second kappa shape index (κ2) is 8.26. The van der Waals surface area contributed by atoms with E-state index in [0.717, 1.165) is 30.6 Å². The first-order chi connectivity index (χ1) is 13.2. The van der Waals surface area contributed by atoms with E-state index in [2.05, 4.69) is 27.2 Å². The number of likely N-dealkylation sites (tertiary alicyclic amines) is 1. The SMILES string of the molecule is CN(Cc1n[nH]c2c1CCCC2)C(=O)c1ccc(CN2CCCCC2)cc1. The van der Waals surface area contributed by atoms with E-state index in [0.29, 0.717) is 6.54 Å². The minimum absolute atomic E-state index is 0.0621. The van der Waals surface area contributed by atoms with Gasteiger partial charge in [0.25, 0.3) is 5.91 Å². The summed E-state index contributed by atoms with van der Waals surface area (Å²) in [5.74, 6) is 0.0621. The summed E-state index contributed by atoms with van der Waals surface area (Å²) >= 11 is 0. The number of benzene rings is 1. The normalized spacial score (nSPS) is 17.5. The summed E-state index contributed by atoms with van der Waals surface area (Å²) in [7, 11) is 1.87. The van der Waals surface area contributed by atoms with Crippen molar-refractivity contribution in [1.82, 2.24) is 20.0 Å². The predicted octanol–water partition coefficient (Wildman–Crippen LogP) is 3.55. The number of H-pyrrole nitrogens is 1. The van der Waals surface area contributed by atoms with Crippen LogP contribution in [0, 0.1) is 0 Å². The molecule has 1 amide bonds. The first-order valence-electron chi connectivity index (χ1n) is 10.3. The van der Waals surface area contributed by atoms with Gasteiger partial charge < -0.3 is 4.90 Å². The summed E-state index contributed by atoms with van der Waals surface area (Å²) in [6.45, 7) is 3.94. The third-order valence-electron chi connectivity index (χ3n) is 5.93. The first-order valence-corrected chi connectivity index (χ1v) is 10.3. The van der Waals surface area contributed by atoms with Crippen LogP contribution in [0.15, 0.2) is 24.3 Å². The third-order valence-corrected chi connectivity index (χ3v) is 5.93. The van der Waals surface area contributed by atoms with Crippen LogP contribution >= 0.6 is 0 Å². The Labute approximate surface area is 161 Å². The molecule has 1 aliphatic heterocycles. The van der Waals surface area contributed by atoms with Gasteiger partial charge in [-0.05, 0) is 74.9 Å². The number of rotatable bonds is 5. The predicted molar refractivity (Wildman–Crippen MR) is 107 cm³/mol. The number of fused-ring (bicyclic) bond motifs is 1. The monoisotopic (exact) mass is 366 g/mol. The Kier molecular flexibility index (Phi) is 5.58. The molecule has 1 fully saturated rings. The zero-order chi connectivity index (χ0) is 18.6. The fourth-order valence-electron chi connectivity index (χ4n) is 4.33. The molecule has 0 saturated carbocycles. The number of piperidine rings is 1. The highest BCUT2D eigenvalue weighted by Crippen LogP contribution is 2.23. The Morgan fingerprint density at radius 3 is 2.59 bits per heavy atom. The maximum Gasteiger partial charge on any atom is 0.253 e. The molecule has 2 heterocycles. The Bertz CT molecular complexity index is 774. The van der Waals surface area contributed by atoms with Crippen molar-refractivity contribution in [3.8, 4) is 0 Å². The second-order valence-electron chi connectivity index (χ2n) is 8.03. The average Bonchev–Trinajstić information content (AvgIpc) is 3.12. The van der Waals surface area contributed by atoms with E-state index < -0.39 is 0 Å². The van der Waals surface area contributed by atoms with Crippen LogP contribution < -0.4 is 0 Å². The number of aromatic amines is 1. The summed E-state index contributed by atoms with van der Waals surface area (Å²) in [6, 6.07) is 8.15. The molecule has 144 valence electrons. The molecule has 0 radical (unpaired) electrons. The zero-order valence-electron chi connectivity index (χ0n) is 16.3. The Morgan fingerprint density at radius 2 is 1.81 bits per heavy atom. The smallest absolute Gasteiger partial charge is 0.253 e. The lowest BCUT2D eigenvalue weighted by molar-refractivity contribution is 0.0783. The van der Waals surface area contributed by atoms with Crippen molar-refractivity contribution in [3.63, 3.8) is 0 Å². The first kappa shape index (κ1) is 18.2. The van der Waals surface area contributed by atoms with Crippen molar-refractivity contribution in [3.05, 3.63) is 52.3 Å². The number of nitrogens with one attached hydrogen (secondary N) is 1. The molecular formula is C22H30N4O. The maximum atomic E-state index is 12.8. The molecule has 1 aromatic carbocycles. The fraction of sp³-hybridized carbons (Fsp3) is 0.545. The van der Waals surface area contributed by atoms with Gasteiger partial charge in [0.2, 0.25) is 0 Å². The van der Waals surface area contributed by atoms with Crippen molar-refractivity contribution < 1.29 is 4.79 Å². The molecule has 0 atom stereocenters. The molecule has 0 unspecified atom stereocenters. The average molecular weight is 367 g/mol. The molecule has 1 aromatic heterocycles. The van der Waals surface area contributed by atoms with Gasteiger partial charge >= 0.3 is 0 Å². The molecule has 4 rings (SSSR count). The molecule has 1 aliphatic carbocycles. The van der Waals surface area contributed by atoms with Gasteiger partial charge in [-0.25, -0.2) is 0 Å². The Hall–Kier alpha value is -2.14. The number of amides is 1. The number of carbonyl (C=O) groups excluding carboxylic acids is 1. The standard InChI is InChI=1S/C22H30N4O/c1-25(16-21-19-7-3-4-8-20(19)23-24-21)22(27)18-11-9-17(10-12-18)15-26-13-5-2-6-14-26/h9-12H,2-8,13-16H2,1H3,(H,23,24). The van der Waals surface area contributed by atoms with E-state index in [4.69, 9.17) is 0 Å². The molecule has 1 saturated heterocycles. The molecule has 1 N–H and O–H groups in total. The van der Waals surface area contributed by atoms with Gasteiger partial charge in [0.15, 0.2) is 0 Å². The van der Waals surface area contributed by atoms with Crippen molar-refractivity contribution in [2.45, 2.75) is 58.0 Å². The van der Waals surface area contributed by atoms with Gasteiger partial charge in [0.05, 0.1) is 12.2 Å². The van der Waals surface area contributed by atoms with E-state index in [1.54, 1.807) is 4.90 Å². The second-order valence-corrected chi connectivity index (χ2v) is 8.03. The molecular weight excluding hydrogens is 336 g/mol. The number of aryl methyl sites for hydroxylation is 1.